The van der Waals surface area contributed by atoms with Crippen molar-refractivity contribution in [2.45, 2.75) is 19.8 Å². The highest BCUT2D eigenvalue weighted by Crippen LogP contribution is 2.28. The van der Waals surface area contributed by atoms with Crippen LogP contribution in [0.25, 0.3) is 28.1 Å². The molecule has 3 aromatic heterocycles. The van der Waals surface area contributed by atoms with Crippen LogP contribution in [0, 0.1) is 12.1 Å². The van der Waals surface area contributed by atoms with E-state index < -0.39 is 0 Å². The second-order valence-electron chi connectivity index (χ2n) is 6.11. The van der Waals surface area contributed by atoms with Gasteiger partial charge in [-0.3, -0.25) is 4.40 Å². The summed E-state index contributed by atoms with van der Waals surface area (Å²) in [7, 11) is 1.61. The van der Waals surface area contributed by atoms with Gasteiger partial charge in [0, 0.05) is 14.0 Å². The summed E-state index contributed by atoms with van der Waals surface area (Å²) in [6.45, 7) is 4.11. The lowest BCUT2D eigenvalue weighted by Gasteiger charge is -2.09. The highest BCUT2D eigenvalue weighted by molar-refractivity contribution is 6.34. The molecular weight excluding hydrogens is 358 g/mol. The molecular formula is C17H16ClN5O3. The summed E-state index contributed by atoms with van der Waals surface area (Å²) in [5.74, 6) is 0.745. The van der Waals surface area contributed by atoms with Crippen molar-refractivity contribution in [3.63, 3.8) is 0 Å². The van der Waals surface area contributed by atoms with Crippen LogP contribution >= 0.6 is 11.6 Å². The number of hydrogen-bond acceptors (Lipinski definition) is 6. The van der Waals surface area contributed by atoms with Crippen LogP contribution in [0.2, 0.25) is 5.02 Å². The first kappa shape index (κ1) is 16.7. The van der Waals surface area contributed by atoms with Gasteiger partial charge in [0.05, 0.1) is 12.5 Å². The fourth-order valence-corrected chi connectivity index (χ4v) is 3.30. The maximum absolute atomic E-state index is 12.8. The molecule has 0 aliphatic heterocycles. The van der Waals surface area contributed by atoms with Crippen LogP contribution in [-0.4, -0.2) is 33.2 Å². The Morgan fingerprint density at radius 1 is 1.42 bits per heavy atom. The Hall–Kier alpha value is -2.71. The maximum Gasteiger partial charge on any atom is 0.259 e. The number of hydrogen-bond donors (Lipinski definition) is 0. The van der Waals surface area contributed by atoms with E-state index in [1.54, 1.807) is 32.5 Å². The number of nitrogens with zero attached hydrogens (tertiary/aromatic N) is 5. The zero-order chi connectivity index (χ0) is 18.4. The van der Waals surface area contributed by atoms with Gasteiger partial charge in [0.25, 0.3) is 5.52 Å². The molecule has 0 amide bonds. The van der Waals surface area contributed by atoms with E-state index >= 15 is 0 Å². The largest absolute Gasteiger partial charge is 0.618 e. The summed E-state index contributed by atoms with van der Waals surface area (Å²) in [5, 5.41) is 17.2. The van der Waals surface area contributed by atoms with Crippen molar-refractivity contribution in [1.82, 2.24) is 19.5 Å². The van der Waals surface area contributed by atoms with Gasteiger partial charge in [0.1, 0.15) is 28.1 Å². The lowest BCUT2D eigenvalue weighted by molar-refractivity contribution is -0.583. The first-order valence-corrected chi connectivity index (χ1v) is 8.41. The summed E-state index contributed by atoms with van der Waals surface area (Å²) in [6, 6.07) is 5.29. The minimum atomic E-state index is -0.0414. The van der Waals surface area contributed by atoms with Crippen molar-refractivity contribution in [2.24, 2.45) is 0 Å². The molecule has 0 radical (unpaired) electrons. The first-order valence-electron chi connectivity index (χ1n) is 8.03. The zero-order valence-corrected chi connectivity index (χ0v) is 15.2. The second-order valence-corrected chi connectivity index (χ2v) is 6.52. The molecule has 26 heavy (non-hydrogen) atoms. The molecule has 1 aromatic carbocycles. The molecule has 0 spiro atoms. The molecule has 0 saturated heterocycles. The highest BCUT2D eigenvalue weighted by atomic mass is 35.5. The molecule has 4 rings (SSSR count). The van der Waals surface area contributed by atoms with Crippen molar-refractivity contribution in [3.8, 4) is 11.5 Å². The van der Waals surface area contributed by atoms with Crippen molar-refractivity contribution < 1.29 is 14.0 Å². The number of aryl methyl sites for hydroxylation is 1. The number of ether oxygens (including phenoxy) is 1. The van der Waals surface area contributed by atoms with Crippen LogP contribution in [0.1, 0.15) is 24.4 Å². The molecule has 8 nitrogen and oxygen atoms in total. The van der Waals surface area contributed by atoms with Gasteiger partial charge in [0.2, 0.25) is 17.4 Å². The fourth-order valence-electron chi connectivity index (χ4n) is 3.06. The van der Waals surface area contributed by atoms with Crippen LogP contribution in [-0.2, 0) is 4.74 Å². The number of aromatic nitrogens is 5. The van der Waals surface area contributed by atoms with Crippen molar-refractivity contribution in [3.05, 3.63) is 46.3 Å². The molecule has 134 valence electrons. The smallest absolute Gasteiger partial charge is 0.259 e. The fraction of sp³-hybridized carbons (Fsp3) is 0.294. The Bertz CT molecular complexity index is 1120. The molecule has 0 N–H and O–H groups in total. The summed E-state index contributed by atoms with van der Waals surface area (Å²) < 4.78 is 13.1. The SMILES string of the molecule is COCC(C)c1nc(-c2ncn3c2c(C)[n+]([O-])c2c(Cl)cccc23)no1. The summed E-state index contributed by atoms with van der Waals surface area (Å²) in [4.78, 5) is 8.84. The molecule has 1 atom stereocenters. The number of rotatable bonds is 4. The lowest BCUT2D eigenvalue weighted by Crippen LogP contribution is -2.32. The Morgan fingerprint density at radius 3 is 3.00 bits per heavy atom. The average Bonchev–Trinajstić information content (AvgIpc) is 3.26. The zero-order valence-electron chi connectivity index (χ0n) is 14.4. The predicted octanol–water partition coefficient (Wildman–Crippen LogP) is 2.88. The van der Waals surface area contributed by atoms with Gasteiger partial charge in [-0.15, -0.1) is 0 Å². The van der Waals surface area contributed by atoms with E-state index in [-0.39, 0.29) is 5.92 Å². The Kier molecular flexibility index (Phi) is 4.01. The highest BCUT2D eigenvalue weighted by Gasteiger charge is 2.25. The van der Waals surface area contributed by atoms with Crippen molar-refractivity contribution >= 4 is 28.2 Å². The number of benzene rings is 1. The van der Waals surface area contributed by atoms with Gasteiger partial charge in [0.15, 0.2) is 0 Å². The third-order valence-corrected chi connectivity index (χ3v) is 4.64. The molecule has 1 unspecified atom stereocenters. The van der Waals surface area contributed by atoms with Gasteiger partial charge in [-0.2, -0.15) is 9.71 Å². The van der Waals surface area contributed by atoms with Gasteiger partial charge in [-0.25, -0.2) is 4.98 Å². The Balaban J connectivity index is 1.95. The van der Waals surface area contributed by atoms with E-state index in [0.29, 0.717) is 51.3 Å². The third-order valence-electron chi connectivity index (χ3n) is 4.33. The molecule has 0 fully saturated rings. The van der Waals surface area contributed by atoms with Crippen LogP contribution in [0.15, 0.2) is 29.0 Å². The molecule has 3 heterocycles. The topological polar surface area (TPSA) is 92.4 Å². The molecule has 4 aromatic rings. The number of imidazole rings is 1. The van der Waals surface area contributed by atoms with E-state index in [4.69, 9.17) is 20.9 Å². The molecule has 9 heteroatoms. The second kappa shape index (κ2) is 6.22. The molecule has 0 bridgehead atoms. The lowest BCUT2D eigenvalue weighted by atomic mass is 10.2. The number of para-hydroxylation sites is 1. The average molecular weight is 374 g/mol. The Morgan fingerprint density at radius 2 is 2.23 bits per heavy atom. The van der Waals surface area contributed by atoms with Crippen molar-refractivity contribution in [2.75, 3.05) is 13.7 Å². The van der Waals surface area contributed by atoms with E-state index in [1.807, 2.05) is 17.4 Å². The van der Waals surface area contributed by atoms with Gasteiger partial charge in [-0.05, 0) is 12.1 Å². The number of fused-ring (bicyclic) bond motifs is 3. The van der Waals surface area contributed by atoms with E-state index in [9.17, 15) is 5.21 Å². The Labute approximate surface area is 153 Å². The van der Waals surface area contributed by atoms with Gasteiger partial charge >= 0.3 is 0 Å². The van der Waals surface area contributed by atoms with Crippen LogP contribution in [0.5, 0.6) is 0 Å². The van der Waals surface area contributed by atoms with E-state index in [0.717, 1.165) is 4.73 Å². The van der Waals surface area contributed by atoms with Crippen LogP contribution < -0.4 is 4.73 Å². The molecule has 0 aliphatic carbocycles. The minimum Gasteiger partial charge on any atom is -0.618 e. The minimum absolute atomic E-state index is 0.0414. The van der Waals surface area contributed by atoms with E-state index in [2.05, 4.69) is 15.1 Å². The predicted molar refractivity (Wildman–Crippen MR) is 95.0 cm³/mol. The third kappa shape index (κ3) is 2.41. The molecule has 0 saturated carbocycles. The van der Waals surface area contributed by atoms with E-state index in [1.165, 1.54) is 0 Å². The van der Waals surface area contributed by atoms with Gasteiger partial charge < -0.3 is 14.5 Å². The summed E-state index contributed by atoms with van der Waals surface area (Å²) >= 11 is 6.22. The maximum atomic E-state index is 12.8. The molecule has 0 aliphatic rings. The summed E-state index contributed by atoms with van der Waals surface area (Å²) in [5.41, 5.74) is 2.60. The number of halogens is 1. The normalized spacial score (nSPS) is 12.9. The van der Waals surface area contributed by atoms with Crippen LogP contribution in [0.3, 0.4) is 0 Å². The standard InChI is InChI=1S/C17H16ClN5O3/c1-9(7-25-3)17-20-16(21-26-17)13-14-10(2)23(24)15-11(18)5-4-6-12(15)22(14)8-19-13/h4-6,8-9H,7H2,1-3H3. The van der Waals surface area contributed by atoms with Gasteiger partial charge in [-0.1, -0.05) is 29.7 Å². The van der Waals surface area contributed by atoms with Crippen molar-refractivity contribution in [1.29, 1.82) is 0 Å². The summed E-state index contributed by atoms with van der Waals surface area (Å²) in [6.07, 6.45) is 1.63. The van der Waals surface area contributed by atoms with Crippen LogP contribution in [0.4, 0.5) is 0 Å². The quantitative estimate of drug-likeness (QED) is 0.403. The number of methoxy groups -OCH3 is 1. The monoisotopic (exact) mass is 373 g/mol. The first-order chi connectivity index (χ1) is 12.5.